The molecule has 1 aliphatic rings. The number of benzene rings is 7. The van der Waals surface area contributed by atoms with E-state index < -0.39 is 0 Å². The van der Waals surface area contributed by atoms with Crippen molar-refractivity contribution >= 4 is 75.7 Å². The minimum atomic E-state index is -0.0342. The van der Waals surface area contributed by atoms with Crippen LogP contribution in [0, 0.1) is 0 Å². The van der Waals surface area contributed by atoms with E-state index in [1.54, 1.807) is 0 Å². The first kappa shape index (κ1) is 25.6. The minimum Gasteiger partial charge on any atom is -0.344 e. The molecule has 3 nitrogen and oxygen atoms in total. The number of thiophene rings is 1. The Kier molecular flexibility index (Phi) is 5.51. The molecular weight excluding hydrogens is 579 g/mol. The monoisotopic (exact) mass is 605 g/mol. The Morgan fingerprint density at radius 2 is 1.24 bits per heavy atom. The van der Waals surface area contributed by atoms with E-state index in [0.29, 0.717) is 0 Å². The van der Waals surface area contributed by atoms with Crippen LogP contribution in [0.25, 0.3) is 63.9 Å². The van der Waals surface area contributed by atoms with Gasteiger partial charge in [-0.1, -0.05) is 133 Å². The van der Waals surface area contributed by atoms with Gasteiger partial charge in [0, 0.05) is 31.8 Å². The van der Waals surface area contributed by atoms with E-state index in [1.165, 1.54) is 69.5 Å². The maximum absolute atomic E-state index is 5.38. The zero-order chi connectivity index (χ0) is 30.2. The standard InChI is InChI=1S/C42H27N3S/c1-3-13-26(14-4-1)28-23-24-32-35(25-28)45(42-43-34-21-11-9-19-31(34)39(44-42)27-15-5-2-6-16-27)40-37(32)29-17-7-8-18-30(29)38-33-20-10-12-22-36(33)46-41(38)40/h1-25,39H,(H,43,44). The third-order valence-electron chi connectivity index (χ3n) is 9.44. The van der Waals surface area contributed by atoms with E-state index in [-0.39, 0.29) is 6.04 Å². The topological polar surface area (TPSA) is 29.3 Å². The van der Waals surface area contributed by atoms with Crippen LogP contribution in [0.1, 0.15) is 17.2 Å². The fraction of sp³-hybridized carbons (Fsp3) is 0.0238. The second-order valence-corrected chi connectivity index (χ2v) is 13.0. The van der Waals surface area contributed by atoms with Gasteiger partial charge in [0.25, 0.3) is 0 Å². The van der Waals surface area contributed by atoms with Gasteiger partial charge < -0.3 is 5.32 Å². The maximum atomic E-state index is 5.38. The van der Waals surface area contributed by atoms with Gasteiger partial charge >= 0.3 is 0 Å². The molecular formula is C42H27N3S. The largest absolute Gasteiger partial charge is 0.344 e. The van der Waals surface area contributed by atoms with Crippen LogP contribution in [0.5, 0.6) is 0 Å². The van der Waals surface area contributed by atoms with Crippen molar-refractivity contribution in [3.05, 3.63) is 163 Å². The molecule has 0 saturated carbocycles. The molecule has 0 amide bonds. The van der Waals surface area contributed by atoms with Crippen LogP contribution in [0.15, 0.2) is 157 Å². The lowest BCUT2D eigenvalue weighted by Gasteiger charge is -2.28. The fourth-order valence-corrected chi connectivity index (χ4v) is 8.67. The van der Waals surface area contributed by atoms with E-state index in [4.69, 9.17) is 4.99 Å². The molecule has 0 fully saturated rings. The summed E-state index contributed by atoms with van der Waals surface area (Å²) in [4.78, 5) is 5.38. The second kappa shape index (κ2) is 9.90. The summed E-state index contributed by atoms with van der Waals surface area (Å²) in [5, 5.41) is 11.6. The van der Waals surface area contributed by atoms with Crippen molar-refractivity contribution in [3.8, 4) is 11.1 Å². The number of rotatable bonds is 2. The second-order valence-electron chi connectivity index (χ2n) is 12.0. The molecule has 1 aliphatic heterocycles. The van der Waals surface area contributed by atoms with E-state index in [9.17, 15) is 0 Å². The van der Waals surface area contributed by atoms with Crippen molar-refractivity contribution in [1.82, 2.24) is 9.88 Å². The van der Waals surface area contributed by atoms with Crippen molar-refractivity contribution in [1.29, 1.82) is 0 Å². The molecule has 3 heterocycles. The van der Waals surface area contributed by atoms with Gasteiger partial charge in [0.2, 0.25) is 5.96 Å². The van der Waals surface area contributed by atoms with E-state index in [0.717, 1.165) is 17.2 Å². The highest BCUT2D eigenvalue weighted by Gasteiger charge is 2.28. The molecule has 7 aromatic carbocycles. The van der Waals surface area contributed by atoms with Gasteiger partial charge in [0.05, 0.1) is 27.5 Å². The molecule has 1 N–H and O–H groups in total. The first-order chi connectivity index (χ1) is 22.8. The Morgan fingerprint density at radius 1 is 0.565 bits per heavy atom. The number of hydrogen-bond acceptors (Lipinski definition) is 3. The summed E-state index contributed by atoms with van der Waals surface area (Å²) in [6.07, 6.45) is 0. The molecule has 0 radical (unpaired) electrons. The lowest BCUT2D eigenvalue weighted by atomic mass is 9.96. The number of nitrogens with one attached hydrogen (secondary N) is 1. The number of aliphatic imine (C=N–C) groups is 1. The average Bonchev–Trinajstić information content (AvgIpc) is 3.68. The Hall–Kier alpha value is -5.71. The minimum absolute atomic E-state index is 0.0342. The Labute approximate surface area is 269 Å². The normalized spacial score (nSPS) is 14.6. The predicted octanol–water partition coefficient (Wildman–Crippen LogP) is 11.2. The fourth-order valence-electron chi connectivity index (χ4n) is 7.41. The van der Waals surface area contributed by atoms with Crippen LogP contribution < -0.4 is 5.32 Å². The maximum Gasteiger partial charge on any atom is 0.209 e. The van der Waals surface area contributed by atoms with Crippen LogP contribution in [0.4, 0.5) is 5.69 Å². The van der Waals surface area contributed by atoms with Gasteiger partial charge in [-0.15, -0.1) is 11.3 Å². The van der Waals surface area contributed by atoms with Crippen molar-refractivity contribution in [2.24, 2.45) is 4.99 Å². The molecule has 2 aromatic heterocycles. The van der Waals surface area contributed by atoms with Crippen molar-refractivity contribution in [3.63, 3.8) is 0 Å². The average molecular weight is 606 g/mol. The Bertz CT molecular complexity index is 2660. The highest BCUT2D eigenvalue weighted by molar-refractivity contribution is 7.27. The van der Waals surface area contributed by atoms with Gasteiger partial charge in [0.15, 0.2) is 0 Å². The van der Waals surface area contributed by atoms with E-state index in [2.05, 4.69) is 162 Å². The van der Waals surface area contributed by atoms with Crippen LogP contribution in [0.3, 0.4) is 0 Å². The van der Waals surface area contributed by atoms with Gasteiger partial charge in [-0.05, 0) is 45.7 Å². The van der Waals surface area contributed by atoms with Crippen molar-refractivity contribution < 1.29 is 0 Å². The van der Waals surface area contributed by atoms with Crippen LogP contribution in [0.2, 0.25) is 0 Å². The van der Waals surface area contributed by atoms with E-state index >= 15 is 0 Å². The molecule has 10 rings (SSSR count). The Balaban J connectivity index is 1.39. The van der Waals surface area contributed by atoms with Gasteiger partial charge in [-0.3, -0.25) is 4.57 Å². The van der Waals surface area contributed by atoms with Crippen molar-refractivity contribution in [2.45, 2.75) is 6.04 Å². The molecule has 0 aliphatic carbocycles. The molecule has 1 atom stereocenters. The van der Waals surface area contributed by atoms with Gasteiger partial charge in [-0.2, -0.15) is 0 Å². The third kappa shape index (κ3) is 3.68. The Morgan fingerprint density at radius 3 is 2.07 bits per heavy atom. The summed E-state index contributed by atoms with van der Waals surface area (Å²) in [7, 11) is 0. The number of para-hydroxylation sites is 1. The lowest BCUT2D eigenvalue weighted by Crippen LogP contribution is -2.36. The summed E-state index contributed by atoms with van der Waals surface area (Å²) < 4.78 is 4.99. The quantitative estimate of drug-likeness (QED) is 0.209. The smallest absolute Gasteiger partial charge is 0.209 e. The number of fused-ring (bicyclic) bond motifs is 11. The summed E-state index contributed by atoms with van der Waals surface area (Å²) >= 11 is 1.88. The summed E-state index contributed by atoms with van der Waals surface area (Å²) in [6, 6.07) is 54.5. The van der Waals surface area contributed by atoms with Crippen LogP contribution in [-0.2, 0) is 0 Å². The lowest BCUT2D eigenvalue weighted by molar-refractivity contribution is 0.731. The summed E-state index contributed by atoms with van der Waals surface area (Å²) in [5.41, 5.74) is 8.12. The third-order valence-corrected chi connectivity index (χ3v) is 10.6. The predicted molar refractivity (Wildman–Crippen MR) is 196 cm³/mol. The molecule has 0 bridgehead atoms. The van der Waals surface area contributed by atoms with E-state index in [1.807, 2.05) is 11.3 Å². The first-order valence-corrected chi connectivity index (χ1v) is 16.5. The van der Waals surface area contributed by atoms with Gasteiger partial charge in [0.1, 0.15) is 0 Å². The zero-order valence-electron chi connectivity index (χ0n) is 24.8. The highest BCUT2D eigenvalue weighted by atomic mass is 32.1. The van der Waals surface area contributed by atoms with Crippen molar-refractivity contribution in [2.75, 3.05) is 0 Å². The number of aromatic nitrogens is 1. The summed E-state index contributed by atoms with van der Waals surface area (Å²) in [6.45, 7) is 0. The molecule has 1 unspecified atom stereocenters. The summed E-state index contributed by atoms with van der Waals surface area (Å²) in [5.74, 6) is 0.840. The molecule has 0 saturated heterocycles. The first-order valence-electron chi connectivity index (χ1n) is 15.7. The zero-order valence-corrected chi connectivity index (χ0v) is 25.6. The molecule has 46 heavy (non-hydrogen) atoms. The molecule has 216 valence electrons. The molecule has 9 aromatic rings. The molecule has 4 heteroatoms. The van der Waals surface area contributed by atoms with Gasteiger partial charge in [-0.25, -0.2) is 4.99 Å². The number of nitrogens with zero attached hydrogens (tertiary/aromatic N) is 2. The highest BCUT2D eigenvalue weighted by Crippen LogP contribution is 2.48. The van der Waals surface area contributed by atoms with Crippen LogP contribution in [-0.4, -0.2) is 10.5 Å². The van der Waals surface area contributed by atoms with Crippen LogP contribution >= 0.6 is 11.3 Å². The molecule has 0 spiro atoms. The SMILES string of the molecule is c1ccc(-c2ccc3c4c5ccccc5c5c6ccccc6sc5c4n(C4=Nc5ccccc5C(c5ccccc5)N4)c3c2)cc1. The number of hydrogen-bond donors (Lipinski definition) is 1.